The van der Waals surface area contributed by atoms with Crippen molar-refractivity contribution in [2.45, 2.75) is 32.2 Å². The Morgan fingerprint density at radius 3 is 2.47 bits per heavy atom. The highest BCUT2D eigenvalue weighted by Gasteiger charge is 2.51. The zero-order valence-corrected chi connectivity index (χ0v) is 9.92. The molecule has 2 N–H and O–H groups in total. The van der Waals surface area contributed by atoms with Crippen LogP contribution in [-0.2, 0) is 4.79 Å². The molecule has 0 aromatic heterocycles. The average molecular weight is 214 g/mol. The molecule has 0 aromatic rings. The molecule has 0 heterocycles. The van der Waals surface area contributed by atoms with Gasteiger partial charge in [-0.05, 0) is 38.9 Å². The second kappa shape index (κ2) is 4.94. The molecule has 4 nitrogen and oxygen atoms in total. The second-order valence-corrected chi connectivity index (χ2v) is 4.41. The van der Waals surface area contributed by atoms with Crippen molar-refractivity contribution < 1.29 is 9.90 Å². The number of nitrogens with one attached hydrogen (secondary N) is 1. The standard InChI is InChI=1S/C11H22N2O2/c1-4-12-11(10(14)15,9-6-7-9)8-13(3)5-2/h9,12H,4-8H2,1-3H3,(H,14,15). The minimum atomic E-state index is -0.723. The first-order valence-electron chi connectivity index (χ1n) is 5.73. The highest BCUT2D eigenvalue weighted by atomic mass is 16.4. The van der Waals surface area contributed by atoms with Crippen LogP contribution in [0.25, 0.3) is 0 Å². The maximum Gasteiger partial charge on any atom is 0.325 e. The molecular formula is C11H22N2O2. The first-order chi connectivity index (χ1) is 7.06. The van der Waals surface area contributed by atoms with E-state index < -0.39 is 11.5 Å². The van der Waals surface area contributed by atoms with Gasteiger partial charge in [0.2, 0.25) is 0 Å². The number of likely N-dealkylation sites (N-methyl/N-ethyl adjacent to an activating group) is 2. The van der Waals surface area contributed by atoms with Crippen LogP contribution in [0.15, 0.2) is 0 Å². The van der Waals surface area contributed by atoms with Crippen molar-refractivity contribution in [1.82, 2.24) is 10.2 Å². The molecule has 1 aliphatic carbocycles. The average Bonchev–Trinajstić information content (AvgIpc) is 2.99. The van der Waals surface area contributed by atoms with Crippen LogP contribution in [0.4, 0.5) is 0 Å². The summed E-state index contributed by atoms with van der Waals surface area (Å²) in [5.41, 5.74) is -0.723. The fraction of sp³-hybridized carbons (Fsp3) is 0.909. The summed E-state index contributed by atoms with van der Waals surface area (Å²) in [5.74, 6) is -0.393. The topological polar surface area (TPSA) is 52.6 Å². The molecule has 0 bridgehead atoms. The van der Waals surface area contributed by atoms with E-state index in [2.05, 4.69) is 10.2 Å². The predicted octanol–water partition coefficient (Wildman–Crippen LogP) is 0.781. The molecule has 1 fully saturated rings. The molecule has 0 amide bonds. The molecular weight excluding hydrogens is 192 g/mol. The van der Waals surface area contributed by atoms with Crippen LogP contribution in [0.1, 0.15) is 26.7 Å². The van der Waals surface area contributed by atoms with Crippen LogP contribution in [0.3, 0.4) is 0 Å². The van der Waals surface area contributed by atoms with Gasteiger partial charge in [-0.1, -0.05) is 13.8 Å². The minimum Gasteiger partial charge on any atom is -0.480 e. The van der Waals surface area contributed by atoms with Gasteiger partial charge in [0.15, 0.2) is 0 Å². The number of carbonyl (C=O) groups is 1. The number of rotatable bonds is 7. The molecule has 4 heteroatoms. The van der Waals surface area contributed by atoms with E-state index >= 15 is 0 Å². The summed E-state index contributed by atoms with van der Waals surface area (Å²) >= 11 is 0. The molecule has 0 saturated heterocycles. The summed E-state index contributed by atoms with van der Waals surface area (Å²) in [6.45, 7) is 6.20. The molecule has 15 heavy (non-hydrogen) atoms. The number of carboxylic acids is 1. The van der Waals surface area contributed by atoms with Crippen LogP contribution in [-0.4, -0.2) is 48.2 Å². The van der Waals surface area contributed by atoms with Crippen LogP contribution in [0, 0.1) is 5.92 Å². The lowest BCUT2D eigenvalue weighted by molar-refractivity contribution is -0.146. The maximum atomic E-state index is 11.5. The summed E-state index contributed by atoms with van der Waals surface area (Å²) in [7, 11) is 1.97. The van der Waals surface area contributed by atoms with E-state index in [1.54, 1.807) is 0 Å². The van der Waals surface area contributed by atoms with E-state index in [1.807, 2.05) is 20.9 Å². The molecule has 88 valence electrons. The molecule has 1 atom stereocenters. The van der Waals surface area contributed by atoms with Gasteiger partial charge in [-0.2, -0.15) is 0 Å². The molecule has 1 unspecified atom stereocenters. The Labute approximate surface area is 91.6 Å². The van der Waals surface area contributed by atoms with E-state index in [0.717, 1.165) is 19.4 Å². The minimum absolute atomic E-state index is 0.309. The Morgan fingerprint density at radius 2 is 2.13 bits per heavy atom. The fourth-order valence-corrected chi connectivity index (χ4v) is 2.08. The third kappa shape index (κ3) is 2.69. The highest BCUT2D eigenvalue weighted by Crippen LogP contribution is 2.40. The Balaban J connectivity index is 2.76. The van der Waals surface area contributed by atoms with E-state index in [9.17, 15) is 9.90 Å². The van der Waals surface area contributed by atoms with E-state index in [1.165, 1.54) is 0 Å². The van der Waals surface area contributed by atoms with E-state index in [0.29, 0.717) is 19.0 Å². The lowest BCUT2D eigenvalue weighted by Crippen LogP contribution is -2.60. The summed E-state index contributed by atoms with van der Waals surface area (Å²) in [5, 5.41) is 12.6. The quantitative estimate of drug-likeness (QED) is 0.657. The highest BCUT2D eigenvalue weighted by molar-refractivity contribution is 5.80. The van der Waals surface area contributed by atoms with Crippen molar-refractivity contribution in [2.75, 3.05) is 26.7 Å². The first-order valence-corrected chi connectivity index (χ1v) is 5.73. The third-order valence-electron chi connectivity index (χ3n) is 3.21. The molecule has 0 aliphatic heterocycles. The Kier molecular flexibility index (Phi) is 4.11. The first kappa shape index (κ1) is 12.5. The van der Waals surface area contributed by atoms with Crippen LogP contribution >= 0.6 is 0 Å². The lowest BCUT2D eigenvalue weighted by atomic mass is 9.92. The van der Waals surface area contributed by atoms with Gasteiger partial charge >= 0.3 is 5.97 Å². The van der Waals surface area contributed by atoms with E-state index in [4.69, 9.17) is 0 Å². The van der Waals surface area contributed by atoms with Crippen LogP contribution < -0.4 is 5.32 Å². The second-order valence-electron chi connectivity index (χ2n) is 4.41. The zero-order chi connectivity index (χ0) is 11.5. The van der Waals surface area contributed by atoms with Gasteiger partial charge in [0.1, 0.15) is 5.54 Å². The van der Waals surface area contributed by atoms with Crippen molar-refractivity contribution in [3.05, 3.63) is 0 Å². The molecule has 1 aliphatic rings. The monoisotopic (exact) mass is 214 g/mol. The molecule has 0 aromatic carbocycles. The van der Waals surface area contributed by atoms with Gasteiger partial charge in [0.05, 0.1) is 0 Å². The zero-order valence-electron chi connectivity index (χ0n) is 9.92. The number of nitrogens with zero attached hydrogens (tertiary/aromatic N) is 1. The Morgan fingerprint density at radius 1 is 1.53 bits per heavy atom. The number of hydrogen-bond acceptors (Lipinski definition) is 3. The number of hydrogen-bond donors (Lipinski definition) is 2. The summed E-state index contributed by atoms with van der Waals surface area (Å²) in [6, 6.07) is 0. The summed E-state index contributed by atoms with van der Waals surface area (Å²) in [4.78, 5) is 13.5. The third-order valence-corrected chi connectivity index (χ3v) is 3.21. The van der Waals surface area contributed by atoms with Crippen LogP contribution in [0.5, 0.6) is 0 Å². The van der Waals surface area contributed by atoms with Gasteiger partial charge in [0.25, 0.3) is 0 Å². The Bertz CT molecular complexity index is 229. The van der Waals surface area contributed by atoms with E-state index in [-0.39, 0.29) is 0 Å². The lowest BCUT2D eigenvalue weighted by Gasteiger charge is -2.34. The molecule has 1 saturated carbocycles. The van der Waals surface area contributed by atoms with Crippen molar-refractivity contribution in [3.63, 3.8) is 0 Å². The SMILES string of the molecule is CCNC(CN(C)CC)(C(=O)O)C1CC1. The van der Waals surface area contributed by atoms with Crippen molar-refractivity contribution in [2.24, 2.45) is 5.92 Å². The fourth-order valence-electron chi connectivity index (χ4n) is 2.08. The summed E-state index contributed by atoms with van der Waals surface area (Å²) < 4.78 is 0. The molecule has 0 radical (unpaired) electrons. The maximum absolute atomic E-state index is 11.5. The number of carboxylic acid groups (broad SMARTS) is 1. The largest absolute Gasteiger partial charge is 0.480 e. The van der Waals surface area contributed by atoms with Crippen molar-refractivity contribution >= 4 is 5.97 Å². The van der Waals surface area contributed by atoms with Gasteiger partial charge in [0, 0.05) is 6.54 Å². The number of aliphatic carboxylic acids is 1. The predicted molar refractivity (Wildman–Crippen MR) is 59.9 cm³/mol. The van der Waals surface area contributed by atoms with Crippen molar-refractivity contribution in [1.29, 1.82) is 0 Å². The molecule has 0 spiro atoms. The van der Waals surface area contributed by atoms with Gasteiger partial charge in [-0.3, -0.25) is 4.79 Å². The van der Waals surface area contributed by atoms with Gasteiger partial charge < -0.3 is 15.3 Å². The Hall–Kier alpha value is -0.610. The van der Waals surface area contributed by atoms with Crippen LogP contribution in [0.2, 0.25) is 0 Å². The normalized spacial score (nSPS) is 20.3. The summed E-state index contributed by atoms with van der Waals surface area (Å²) in [6.07, 6.45) is 2.08. The van der Waals surface area contributed by atoms with Gasteiger partial charge in [-0.25, -0.2) is 0 Å². The smallest absolute Gasteiger partial charge is 0.325 e. The van der Waals surface area contributed by atoms with Gasteiger partial charge in [-0.15, -0.1) is 0 Å². The van der Waals surface area contributed by atoms with Crippen molar-refractivity contribution in [3.8, 4) is 0 Å². The molecule has 1 rings (SSSR count).